The van der Waals surface area contributed by atoms with Crippen LogP contribution < -0.4 is 14.5 Å². The van der Waals surface area contributed by atoms with E-state index in [9.17, 15) is 0 Å². The minimum atomic E-state index is -0.535. The van der Waals surface area contributed by atoms with Gasteiger partial charge in [-0.25, -0.2) is 0 Å². The van der Waals surface area contributed by atoms with Gasteiger partial charge in [0.25, 0.3) is 0 Å². The smallest absolute Gasteiger partial charge is 0.132 e. The van der Waals surface area contributed by atoms with Gasteiger partial charge in [-0.15, -0.1) is 0 Å². The summed E-state index contributed by atoms with van der Waals surface area (Å²) in [7, 11) is 0. The molecule has 2 aliphatic heterocycles. The SMILES string of the molecule is C1=CCC(C2=CCC(N(c3ccc(C4=CCC5C(=C4)c4ccccc4N5c4ccccc4)cc3)c3ccc4c(c3)C3(c5ccccc5Oc5ccccc53)c3ccccc3-4)C=C2)C=C1. The van der Waals surface area contributed by atoms with E-state index in [2.05, 4.69) is 234 Å². The molecule has 0 saturated heterocycles. The van der Waals surface area contributed by atoms with Crippen LogP contribution in [-0.4, -0.2) is 12.1 Å². The third-order valence-electron chi connectivity index (χ3n) is 14.5. The predicted octanol–water partition coefficient (Wildman–Crippen LogP) is 15.1. The molecule has 3 nitrogen and oxygen atoms in total. The molecule has 6 aliphatic rings. The molecule has 3 unspecified atom stereocenters. The Kier molecular flexibility index (Phi) is 8.52. The molecule has 64 heavy (non-hydrogen) atoms. The summed E-state index contributed by atoms with van der Waals surface area (Å²) in [6.07, 6.45) is 24.1. The summed E-state index contributed by atoms with van der Waals surface area (Å²) in [5.41, 5.74) is 18.5. The van der Waals surface area contributed by atoms with E-state index in [0.717, 1.165) is 30.8 Å². The maximum atomic E-state index is 6.68. The van der Waals surface area contributed by atoms with Crippen molar-refractivity contribution in [3.05, 3.63) is 263 Å². The van der Waals surface area contributed by atoms with Crippen molar-refractivity contribution in [1.82, 2.24) is 0 Å². The van der Waals surface area contributed by atoms with Crippen molar-refractivity contribution in [3.63, 3.8) is 0 Å². The highest BCUT2D eigenvalue weighted by atomic mass is 16.5. The molecule has 3 heteroatoms. The zero-order valence-electron chi connectivity index (χ0n) is 35.5. The third-order valence-corrected chi connectivity index (χ3v) is 14.5. The summed E-state index contributed by atoms with van der Waals surface area (Å²) in [6.45, 7) is 0. The maximum absolute atomic E-state index is 6.68. The summed E-state index contributed by atoms with van der Waals surface area (Å²) in [4.78, 5) is 5.10. The standard InChI is InChI=1S/C61H46N2O/c1-3-15-41(16-4-1)42-27-32-46(33-28-42)62(47-34-29-43(30-35-47)44-31-38-58-52(39-44)51-20-8-12-24-57(51)63(58)45-17-5-2-6-18-45)48-36-37-50-49-19-7-9-21-53(49)61(56(50)40-48)54-22-10-13-25-59(54)64-60-26-14-11-23-55(60)61/h1-15,17-32,34-37,39-41,46,58H,16,33,38H2. The van der Waals surface area contributed by atoms with E-state index in [1.54, 1.807) is 0 Å². The molecule has 7 aromatic rings. The largest absolute Gasteiger partial charge is 0.457 e. The molecule has 7 aromatic carbocycles. The fraction of sp³-hybridized carbons (Fsp3) is 0.115. The number of rotatable bonds is 6. The summed E-state index contributed by atoms with van der Waals surface area (Å²) in [5, 5.41) is 0. The van der Waals surface area contributed by atoms with Crippen molar-refractivity contribution in [3.8, 4) is 22.6 Å². The average Bonchev–Trinajstić information content (AvgIpc) is 3.85. The van der Waals surface area contributed by atoms with Crippen LogP contribution in [0.25, 0.3) is 22.3 Å². The molecule has 13 rings (SSSR count). The fourth-order valence-electron chi connectivity index (χ4n) is 11.7. The Morgan fingerprint density at radius 1 is 0.547 bits per heavy atom. The Balaban J connectivity index is 0.920. The number of allylic oxidation sites excluding steroid dienone is 8. The summed E-state index contributed by atoms with van der Waals surface area (Å²) in [5.74, 6) is 2.24. The van der Waals surface area contributed by atoms with Crippen LogP contribution in [0.4, 0.5) is 22.7 Å². The summed E-state index contributed by atoms with van der Waals surface area (Å²) >= 11 is 0. The molecule has 1 spiro atoms. The van der Waals surface area contributed by atoms with Crippen LogP contribution in [-0.2, 0) is 5.41 Å². The quantitative estimate of drug-likeness (QED) is 0.166. The van der Waals surface area contributed by atoms with Crippen molar-refractivity contribution < 1.29 is 4.74 Å². The Hall–Kier alpha value is -7.62. The van der Waals surface area contributed by atoms with Crippen LogP contribution in [0, 0.1) is 5.92 Å². The monoisotopic (exact) mass is 822 g/mol. The van der Waals surface area contributed by atoms with Crippen molar-refractivity contribution in [2.45, 2.75) is 36.8 Å². The highest BCUT2D eigenvalue weighted by Gasteiger charge is 2.51. The van der Waals surface area contributed by atoms with Crippen molar-refractivity contribution in [2.75, 3.05) is 9.80 Å². The van der Waals surface area contributed by atoms with Crippen molar-refractivity contribution in [2.24, 2.45) is 5.92 Å². The van der Waals surface area contributed by atoms with E-state index < -0.39 is 5.41 Å². The van der Waals surface area contributed by atoms with Crippen LogP contribution in [0.3, 0.4) is 0 Å². The average molecular weight is 823 g/mol. The van der Waals surface area contributed by atoms with Crippen LogP contribution in [0.2, 0.25) is 0 Å². The van der Waals surface area contributed by atoms with E-state index in [-0.39, 0.29) is 12.1 Å². The van der Waals surface area contributed by atoms with Crippen molar-refractivity contribution in [1.29, 1.82) is 0 Å². The lowest BCUT2D eigenvalue weighted by molar-refractivity contribution is 0.436. The molecule has 0 bridgehead atoms. The van der Waals surface area contributed by atoms with Crippen LogP contribution >= 0.6 is 0 Å². The lowest BCUT2D eigenvalue weighted by atomic mass is 9.66. The zero-order valence-corrected chi connectivity index (χ0v) is 35.5. The summed E-state index contributed by atoms with van der Waals surface area (Å²) in [6, 6.07) is 63.0. The van der Waals surface area contributed by atoms with Gasteiger partial charge in [-0.1, -0.05) is 164 Å². The number of fused-ring (bicyclic) bond motifs is 12. The van der Waals surface area contributed by atoms with E-state index >= 15 is 0 Å². The Morgan fingerprint density at radius 3 is 1.98 bits per heavy atom. The second kappa shape index (κ2) is 14.7. The number of para-hydroxylation sites is 4. The molecule has 0 aromatic heterocycles. The first-order valence-electron chi connectivity index (χ1n) is 22.8. The normalized spacial score (nSPS) is 20.2. The number of nitrogens with zero attached hydrogens (tertiary/aromatic N) is 2. The lowest BCUT2D eigenvalue weighted by Gasteiger charge is -2.40. The molecule has 0 N–H and O–H groups in total. The van der Waals surface area contributed by atoms with Gasteiger partial charge in [0.15, 0.2) is 0 Å². The van der Waals surface area contributed by atoms with Crippen LogP contribution in [0.5, 0.6) is 11.5 Å². The second-order valence-electron chi connectivity index (χ2n) is 17.8. The second-order valence-corrected chi connectivity index (χ2v) is 17.8. The molecule has 0 radical (unpaired) electrons. The van der Waals surface area contributed by atoms with E-state index in [4.69, 9.17) is 4.74 Å². The van der Waals surface area contributed by atoms with Gasteiger partial charge in [-0.05, 0) is 124 Å². The number of anilines is 4. The van der Waals surface area contributed by atoms with Gasteiger partial charge >= 0.3 is 0 Å². The molecule has 4 aliphatic carbocycles. The minimum Gasteiger partial charge on any atom is -0.457 e. The first kappa shape index (κ1) is 37.0. The highest BCUT2D eigenvalue weighted by Crippen LogP contribution is 2.62. The van der Waals surface area contributed by atoms with Gasteiger partial charge in [0.2, 0.25) is 0 Å². The van der Waals surface area contributed by atoms with Gasteiger partial charge in [-0.2, -0.15) is 0 Å². The Labute approximate surface area is 375 Å². The van der Waals surface area contributed by atoms with Crippen LogP contribution in [0.1, 0.15) is 52.6 Å². The molecule has 0 fully saturated rings. The molecule has 0 amide bonds. The Morgan fingerprint density at radius 2 is 1.23 bits per heavy atom. The molecule has 0 saturated carbocycles. The van der Waals surface area contributed by atoms with E-state index in [1.165, 1.54) is 84.0 Å². The van der Waals surface area contributed by atoms with Gasteiger partial charge < -0.3 is 14.5 Å². The summed E-state index contributed by atoms with van der Waals surface area (Å²) < 4.78 is 6.68. The van der Waals surface area contributed by atoms with Crippen LogP contribution in [0.15, 0.2) is 230 Å². The highest BCUT2D eigenvalue weighted by molar-refractivity contribution is 5.99. The van der Waals surface area contributed by atoms with Crippen molar-refractivity contribution >= 4 is 33.9 Å². The topological polar surface area (TPSA) is 15.7 Å². The number of hydrogen-bond acceptors (Lipinski definition) is 3. The van der Waals surface area contributed by atoms with Gasteiger partial charge in [-0.3, -0.25) is 0 Å². The molecular formula is C61H46N2O. The molecule has 3 atom stereocenters. The molecular weight excluding hydrogens is 777 g/mol. The first-order chi connectivity index (χ1) is 31.7. The lowest BCUT2D eigenvalue weighted by Crippen LogP contribution is -2.33. The van der Waals surface area contributed by atoms with Gasteiger partial charge in [0, 0.05) is 45.4 Å². The van der Waals surface area contributed by atoms with E-state index in [1.807, 2.05) is 0 Å². The maximum Gasteiger partial charge on any atom is 0.132 e. The Bertz CT molecular complexity index is 3150. The number of ether oxygens (including phenoxy) is 1. The fourth-order valence-corrected chi connectivity index (χ4v) is 11.7. The molecule has 306 valence electrons. The van der Waals surface area contributed by atoms with Gasteiger partial charge in [0.1, 0.15) is 11.5 Å². The third kappa shape index (κ3) is 5.60. The number of hydrogen-bond donors (Lipinski definition) is 0. The van der Waals surface area contributed by atoms with Gasteiger partial charge in [0.05, 0.1) is 17.5 Å². The first-order valence-corrected chi connectivity index (χ1v) is 22.8. The number of benzene rings is 7. The molecule has 2 heterocycles. The minimum absolute atomic E-state index is 0.125. The predicted molar refractivity (Wildman–Crippen MR) is 264 cm³/mol. The van der Waals surface area contributed by atoms with E-state index in [0.29, 0.717) is 5.92 Å². The zero-order chi connectivity index (χ0) is 42.2.